The van der Waals surface area contributed by atoms with Gasteiger partial charge in [-0.1, -0.05) is 42.5 Å². The lowest BCUT2D eigenvalue weighted by Gasteiger charge is -2.02. The second kappa shape index (κ2) is 3.08. The summed E-state index contributed by atoms with van der Waals surface area (Å²) in [5.41, 5.74) is 1.12. The third-order valence-electron chi connectivity index (χ3n) is 2.75. The van der Waals surface area contributed by atoms with Crippen LogP contribution in [0, 0.1) is 11.3 Å². The molecule has 0 bridgehead atoms. The lowest BCUT2D eigenvalue weighted by atomic mass is 10.0. The van der Waals surface area contributed by atoms with Crippen molar-refractivity contribution < 1.29 is 4.74 Å². The van der Waals surface area contributed by atoms with E-state index in [0.717, 1.165) is 5.56 Å². The molecule has 2 unspecified atom stereocenters. The van der Waals surface area contributed by atoms with Crippen LogP contribution in [0.3, 0.4) is 0 Å². The van der Waals surface area contributed by atoms with Crippen LogP contribution in [0.15, 0.2) is 42.5 Å². The second-order valence-corrected chi connectivity index (χ2v) is 3.67. The molecule has 0 amide bonds. The maximum absolute atomic E-state index is 8.73. The summed E-state index contributed by atoms with van der Waals surface area (Å²) in [6.45, 7) is 0. The minimum Gasteiger partial charge on any atom is -0.348 e. The molecule has 2 nitrogen and oxygen atoms in total. The Labute approximate surface area is 87.7 Å². The zero-order valence-corrected chi connectivity index (χ0v) is 8.05. The predicted molar refractivity (Wildman–Crippen MR) is 57.2 cm³/mol. The van der Waals surface area contributed by atoms with Crippen LogP contribution in [0.25, 0.3) is 10.8 Å². The van der Waals surface area contributed by atoms with Crippen LogP contribution >= 0.6 is 0 Å². The fourth-order valence-electron chi connectivity index (χ4n) is 1.95. The van der Waals surface area contributed by atoms with E-state index in [0.29, 0.717) is 0 Å². The summed E-state index contributed by atoms with van der Waals surface area (Å²) in [5, 5.41) is 11.1. The Hall–Kier alpha value is -1.85. The quantitative estimate of drug-likeness (QED) is 0.656. The van der Waals surface area contributed by atoms with Gasteiger partial charge in [-0.05, 0) is 16.3 Å². The van der Waals surface area contributed by atoms with E-state index in [-0.39, 0.29) is 12.2 Å². The van der Waals surface area contributed by atoms with Crippen LogP contribution in [-0.2, 0) is 4.74 Å². The van der Waals surface area contributed by atoms with Crippen molar-refractivity contribution in [2.24, 2.45) is 0 Å². The molecule has 1 fully saturated rings. The highest BCUT2D eigenvalue weighted by Gasteiger charge is 2.41. The molecule has 1 aliphatic rings. The Morgan fingerprint density at radius 1 is 1.07 bits per heavy atom. The first-order valence-electron chi connectivity index (χ1n) is 4.93. The van der Waals surface area contributed by atoms with Gasteiger partial charge in [0.1, 0.15) is 6.10 Å². The molecule has 0 N–H and O–H groups in total. The van der Waals surface area contributed by atoms with Crippen molar-refractivity contribution in [2.75, 3.05) is 0 Å². The van der Waals surface area contributed by atoms with Crippen LogP contribution in [0.5, 0.6) is 0 Å². The first kappa shape index (κ1) is 8.46. The van der Waals surface area contributed by atoms with Crippen LogP contribution in [0.2, 0.25) is 0 Å². The molecule has 0 radical (unpaired) electrons. The van der Waals surface area contributed by atoms with E-state index in [2.05, 4.69) is 24.3 Å². The summed E-state index contributed by atoms with van der Waals surface area (Å²) in [6.07, 6.45) is -0.281. The van der Waals surface area contributed by atoms with Crippen molar-refractivity contribution in [3.8, 4) is 6.07 Å². The standard InChI is InChI=1S/C13H9NO/c14-8-12-13(15-12)11-7-3-5-9-4-1-2-6-10(9)11/h1-7,12-13H. The van der Waals surface area contributed by atoms with Crippen LogP contribution in [0.4, 0.5) is 0 Å². The minimum atomic E-state index is -0.254. The number of hydrogen-bond acceptors (Lipinski definition) is 2. The topological polar surface area (TPSA) is 36.3 Å². The lowest BCUT2D eigenvalue weighted by molar-refractivity contribution is 0.397. The molecule has 2 atom stereocenters. The summed E-state index contributed by atoms with van der Waals surface area (Å²) in [7, 11) is 0. The molecule has 15 heavy (non-hydrogen) atoms. The van der Waals surface area contributed by atoms with E-state index in [9.17, 15) is 0 Å². The van der Waals surface area contributed by atoms with Gasteiger partial charge in [-0.3, -0.25) is 0 Å². The van der Waals surface area contributed by atoms with E-state index in [4.69, 9.17) is 10.00 Å². The number of epoxide rings is 1. The Bertz CT molecular complexity index is 550. The Balaban J connectivity index is 2.16. The minimum absolute atomic E-state index is 0.0268. The first-order valence-corrected chi connectivity index (χ1v) is 4.93. The molecule has 1 aliphatic heterocycles. The number of fused-ring (bicyclic) bond motifs is 1. The molecule has 0 spiro atoms. The average molecular weight is 195 g/mol. The van der Waals surface area contributed by atoms with Crippen molar-refractivity contribution in [2.45, 2.75) is 12.2 Å². The van der Waals surface area contributed by atoms with E-state index in [1.165, 1.54) is 10.8 Å². The van der Waals surface area contributed by atoms with Crippen molar-refractivity contribution in [3.63, 3.8) is 0 Å². The largest absolute Gasteiger partial charge is 0.348 e. The fraction of sp³-hybridized carbons (Fsp3) is 0.154. The van der Waals surface area contributed by atoms with Crippen molar-refractivity contribution in [1.29, 1.82) is 5.26 Å². The van der Waals surface area contributed by atoms with Gasteiger partial charge in [0.05, 0.1) is 6.07 Å². The number of benzene rings is 2. The highest BCUT2D eigenvalue weighted by Crippen LogP contribution is 2.41. The van der Waals surface area contributed by atoms with Gasteiger partial charge in [-0.2, -0.15) is 5.26 Å². The Morgan fingerprint density at radius 3 is 2.67 bits per heavy atom. The maximum atomic E-state index is 8.73. The number of nitrogens with zero attached hydrogens (tertiary/aromatic N) is 1. The van der Waals surface area contributed by atoms with Gasteiger partial charge < -0.3 is 4.74 Å². The normalized spacial score (nSPS) is 23.7. The molecule has 3 rings (SSSR count). The monoisotopic (exact) mass is 195 g/mol. The number of rotatable bonds is 1. The SMILES string of the molecule is N#CC1OC1c1cccc2ccccc12. The number of hydrogen-bond donors (Lipinski definition) is 0. The lowest BCUT2D eigenvalue weighted by Crippen LogP contribution is -1.86. The third-order valence-corrected chi connectivity index (χ3v) is 2.75. The van der Waals surface area contributed by atoms with E-state index < -0.39 is 0 Å². The molecule has 2 aromatic carbocycles. The van der Waals surface area contributed by atoms with Gasteiger partial charge >= 0.3 is 0 Å². The first-order chi connectivity index (χ1) is 7.40. The van der Waals surface area contributed by atoms with Crippen LogP contribution < -0.4 is 0 Å². The van der Waals surface area contributed by atoms with Crippen molar-refractivity contribution >= 4 is 10.8 Å². The average Bonchev–Trinajstić information content (AvgIpc) is 3.07. The maximum Gasteiger partial charge on any atom is 0.175 e. The van der Waals surface area contributed by atoms with E-state index in [1.54, 1.807) is 0 Å². The van der Waals surface area contributed by atoms with Crippen LogP contribution in [0.1, 0.15) is 11.7 Å². The summed E-state index contributed by atoms with van der Waals surface area (Å²) in [5.74, 6) is 0. The molecule has 0 aromatic heterocycles. The zero-order valence-electron chi connectivity index (χ0n) is 8.05. The van der Waals surface area contributed by atoms with Crippen molar-refractivity contribution in [1.82, 2.24) is 0 Å². The van der Waals surface area contributed by atoms with Crippen molar-refractivity contribution in [3.05, 3.63) is 48.0 Å². The zero-order chi connectivity index (χ0) is 10.3. The highest BCUT2D eigenvalue weighted by atomic mass is 16.6. The molecule has 1 saturated heterocycles. The molecule has 0 aliphatic carbocycles. The van der Waals surface area contributed by atoms with Gasteiger partial charge in [-0.15, -0.1) is 0 Å². The molecule has 2 heteroatoms. The van der Waals surface area contributed by atoms with Crippen LogP contribution in [-0.4, -0.2) is 6.10 Å². The molecule has 72 valence electrons. The fourth-order valence-corrected chi connectivity index (χ4v) is 1.95. The second-order valence-electron chi connectivity index (χ2n) is 3.67. The molecule has 0 saturated carbocycles. The smallest absolute Gasteiger partial charge is 0.175 e. The molecule has 1 heterocycles. The predicted octanol–water partition coefficient (Wildman–Crippen LogP) is 2.80. The highest BCUT2D eigenvalue weighted by molar-refractivity contribution is 5.86. The van der Waals surface area contributed by atoms with Gasteiger partial charge in [-0.25, -0.2) is 0 Å². The van der Waals surface area contributed by atoms with Gasteiger partial charge in [0.15, 0.2) is 6.10 Å². The van der Waals surface area contributed by atoms with Gasteiger partial charge in [0.2, 0.25) is 0 Å². The summed E-state index contributed by atoms with van der Waals surface area (Å²) in [6, 6.07) is 16.4. The summed E-state index contributed by atoms with van der Waals surface area (Å²) >= 11 is 0. The molecular weight excluding hydrogens is 186 g/mol. The summed E-state index contributed by atoms with van der Waals surface area (Å²) in [4.78, 5) is 0. The third kappa shape index (κ3) is 1.29. The Morgan fingerprint density at radius 2 is 1.87 bits per heavy atom. The number of nitriles is 1. The van der Waals surface area contributed by atoms with Gasteiger partial charge in [0, 0.05) is 0 Å². The van der Waals surface area contributed by atoms with E-state index in [1.807, 2.05) is 24.3 Å². The number of ether oxygens (including phenoxy) is 1. The molecule has 2 aromatic rings. The summed E-state index contributed by atoms with van der Waals surface area (Å²) < 4.78 is 5.30. The Kier molecular flexibility index (Phi) is 1.74. The molecular formula is C13H9NO. The van der Waals surface area contributed by atoms with E-state index >= 15 is 0 Å². The van der Waals surface area contributed by atoms with Gasteiger partial charge in [0.25, 0.3) is 0 Å².